The second-order valence-corrected chi connectivity index (χ2v) is 10.3. The molecule has 1 amide bonds. The molecular weight excluding hydrogens is 370 g/mol. The fourth-order valence-corrected chi connectivity index (χ4v) is 5.84. The van der Waals surface area contributed by atoms with Crippen LogP contribution in [-0.2, 0) is 11.2 Å². The number of allylic oxidation sites excluding steroid dienone is 1. The average Bonchev–Trinajstić information content (AvgIpc) is 3.08. The monoisotopic (exact) mass is 407 g/mol. The first kappa shape index (κ1) is 21.1. The highest BCUT2D eigenvalue weighted by Gasteiger charge is 2.35. The third kappa shape index (κ3) is 5.14. The normalized spacial score (nSPS) is 25.5. The molecule has 4 nitrogen and oxygen atoms in total. The third-order valence-corrected chi connectivity index (χ3v) is 7.22. The number of anilines is 1. The van der Waals surface area contributed by atoms with E-state index in [9.17, 15) is 4.79 Å². The van der Waals surface area contributed by atoms with E-state index in [0.717, 1.165) is 60.6 Å². The van der Waals surface area contributed by atoms with Gasteiger partial charge in [-0.2, -0.15) is 0 Å². The number of H-pyrrole nitrogens is 1. The first-order valence-electron chi connectivity index (χ1n) is 11.9. The van der Waals surface area contributed by atoms with Gasteiger partial charge in [-0.1, -0.05) is 64.5 Å². The predicted molar refractivity (Wildman–Crippen MR) is 124 cm³/mol. The van der Waals surface area contributed by atoms with Crippen molar-refractivity contribution in [1.29, 1.82) is 0 Å². The SMILES string of the molecule is C=C1CC(CC)CC(C)(CC(=O)Nc2ccc3nc(CC4CCCCC4)[nH]c3c2)C1. The minimum atomic E-state index is 0.0192. The number of aromatic nitrogens is 2. The molecule has 1 heterocycles. The smallest absolute Gasteiger partial charge is 0.224 e. The Morgan fingerprint density at radius 2 is 2.07 bits per heavy atom. The van der Waals surface area contributed by atoms with Crippen molar-refractivity contribution >= 4 is 22.6 Å². The van der Waals surface area contributed by atoms with Gasteiger partial charge in [-0.25, -0.2) is 4.98 Å². The second kappa shape index (κ2) is 8.95. The Bertz CT molecular complexity index is 908. The Hall–Kier alpha value is -2.10. The molecule has 2 aromatic rings. The molecule has 30 heavy (non-hydrogen) atoms. The summed E-state index contributed by atoms with van der Waals surface area (Å²) in [5.74, 6) is 2.60. The molecule has 0 bridgehead atoms. The summed E-state index contributed by atoms with van der Waals surface area (Å²) in [6, 6.07) is 6.02. The number of amides is 1. The van der Waals surface area contributed by atoms with E-state index in [0.29, 0.717) is 12.3 Å². The lowest BCUT2D eigenvalue weighted by Gasteiger charge is -2.38. The molecule has 1 aromatic heterocycles. The maximum Gasteiger partial charge on any atom is 0.224 e. The van der Waals surface area contributed by atoms with Gasteiger partial charge in [0.2, 0.25) is 5.91 Å². The summed E-state index contributed by atoms with van der Waals surface area (Å²) in [7, 11) is 0. The van der Waals surface area contributed by atoms with Crippen molar-refractivity contribution in [2.75, 3.05) is 5.32 Å². The summed E-state index contributed by atoms with van der Waals surface area (Å²) in [5, 5.41) is 3.13. The first-order valence-corrected chi connectivity index (χ1v) is 11.9. The Labute approximate surface area is 180 Å². The van der Waals surface area contributed by atoms with Crippen LogP contribution in [0.2, 0.25) is 0 Å². The molecule has 4 heteroatoms. The van der Waals surface area contributed by atoms with Gasteiger partial charge in [0.25, 0.3) is 0 Å². The lowest BCUT2D eigenvalue weighted by Crippen LogP contribution is -2.31. The summed E-state index contributed by atoms with van der Waals surface area (Å²) in [5.41, 5.74) is 4.17. The maximum atomic E-state index is 12.8. The van der Waals surface area contributed by atoms with Crippen LogP contribution < -0.4 is 5.32 Å². The number of hydrogen-bond donors (Lipinski definition) is 2. The van der Waals surface area contributed by atoms with E-state index in [1.807, 2.05) is 18.2 Å². The minimum absolute atomic E-state index is 0.0192. The number of rotatable bonds is 6. The van der Waals surface area contributed by atoms with Crippen LogP contribution >= 0.6 is 0 Å². The second-order valence-electron chi connectivity index (χ2n) is 10.3. The van der Waals surface area contributed by atoms with Gasteiger partial charge in [0.1, 0.15) is 5.82 Å². The summed E-state index contributed by atoms with van der Waals surface area (Å²) < 4.78 is 0. The first-order chi connectivity index (χ1) is 14.4. The van der Waals surface area contributed by atoms with Crippen LogP contribution in [0.4, 0.5) is 5.69 Å². The van der Waals surface area contributed by atoms with Crippen molar-refractivity contribution in [3.05, 3.63) is 36.2 Å². The lowest BCUT2D eigenvalue weighted by molar-refractivity contribution is -0.118. The van der Waals surface area contributed by atoms with Crippen molar-refractivity contribution < 1.29 is 4.79 Å². The Morgan fingerprint density at radius 1 is 1.27 bits per heavy atom. The van der Waals surface area contributed by atoms with Crippen molar-refractivity contribution in [3.8, 4) is 0 Å². The Morgan fingerprint density at radius 3 is 2.83 bits per heavy atom. The van der Waals surface area contributed by atoms with Crippen LogP contribution in [-0.4, -0.2) is 15.9 Å². The molecule has 4 rings (SSSR count). The van der Waals surface area contributed by atoms with Crippen LogP contribution in [0.3, 0.4) is 0 Å². The van der Waals surface area contributed by atoms with Gasteiger partial charge >= 0.3 is 0 Å². The number of aromatic amines is 1. The van der Waals surface area contributed by atoms with Crippen molar-refractivity contribution in [3.63, 3.8) is 0 Å². The largest absolute Gasteiger partial charge is 0.342 e. The van der Waals surface area contributed by atoms with Crippen LogP contribution in [0.25, 0.3) is 11.0 Å². The molecule has 0 saturated heterocycles. The molecule has 2 aliphatic rings. The number of hydrogen-bond acceptors (Lipinski definition) is 2. The summed E-state index contributed by atoms with van der Waals surface area (Å²) in [4.78, 5) is 21.1. The van der Waals surface area contributed by atoms with Crippen LogP contribution in [0.1, 0.15) is 83.9 Å². The summed E-state index contributed by atoms with van der Waals surface area (Å²) >= 11 is 0. The van der Waals surface area contributed by atoms with Gasteiger partial charge in [-0.15, -0.1) is 0 Å². The van der Waals surface area contributed by atoms with Gasteiger partial charge in [-0.05, 0) is 54.7 Å². The van der Waals surface area contributed by atoms with E-state index in [4.69, 9.17) is 4.98 Å². The van der Waals surface area contributed by atoms with Crippen molar-refractivity contribution in [2.45, 2.75) is 84.5 Å². The van der Waals surface area contributed by atoms with Crippen LogP contribution in [0.5, 0.6) is 0 Å². The number of fused-ring (bicyclic) bond motifs is 1. The quantitative estimate of drug-likeness (QED) is 0.518. The molecule has 0 spiro atoms. The standard InChI is InChI=1S/C26H37N3O/c1-4-19-12-18(2)15-26(3,16-19)17-25(30)27-21-10-11-22-23(14-21)29-24(28-22)13-20-8-6-5-7-9-20/h10-11,14,19-20H,2,4-9,12-13,15-17H2,1,3H3,(H,27,30)(H,28,29). The number of carbonyl (C=O) groups is 1. The van der Waals surface area contributed by atoms with Gasteiger partial charge in [0.05, 0.1) is 11.0 Å². The van der Waals surface area contributed by atoms with E-state index < -0.39 is 0 Å². The van der Waals surface area contributed by atoms with Gasteiger partial charge in [0, 0.05) is 18.5 Å². The highest BCUT2D eigenvalue weighted by molar-refractivity contribution is 5.93. The number of nitrogens with one attached hydrogen (secondary N) is 2. The lowest BCUT2D eigenvalue weighted by atomic mass is 9.67. The van der Waals surface area contributed by atoms with Gasteiger partial charge in [-0.3, -0.25) is 4.79 Å². The van der Waals surface area contributed by atoms with Gasteiger partial charge in [0.15, 0.2) is 0 Å². The molecule has 2 atom stereocenters. The summed E-state index contributed by atoms with van der Waals surface area (Å²) in [6.45, 7) is 8.72. The zero-order valence-corrected chi connectivity index (χ0v) is 18.7. The number of nitrogens with zero attached hydrogens (tertiary/aromatic N) is 1. The summed E-state index contributed by atoms with van der Waals surface area (Å²) in [6.07, 6.45) is 12.7. The minimum Gasteiger partial charge on any atom is -0.342 e. The molecule has 2 unspecified atom stereocenters. The number of carbonyl (C=O) groups excluding carboxylic acids is 1. The molecule has 2 saturated carbocycles. The molecule has 2 fully saturated rings. The maximum absolute atomic E-state index is 12.8. The highest BCUT2D eigenvalue weighted by atomic mass is 16.1. The topological polar surface area (TPSA) is 57.8 Å². The van der Waals surface area contributed by atoms with Crippen molar-refractivity contribution in [1.82, 2.24) is 9.97 Å². The molecule has 0 radical (unpaired) electrons. The Kier molecular flexibility index (Phi) is 6.31. The van der Waals surface area contributed by atoms with Crippen LogP contribution in [0.15, 0.2) is 30.4 Å². The van der Waals surface area contributed by atoms with E-state index in [1.165, 1.54) is 37.7 Å². The Balaban J connectivity index is 1.39. The van der Waals surface area contributed by atoms with Crippen LogP contribution in [0, 0.1) is 17.3 Å². The molecule has 2 N–H and O–H groups in total. The number of imidazole rings is 1. The highest BCUT2D eigenvalue weighted by Crippen LogP contribution is 2.44. The average molecular weight is 408 g/mol. The molecule has 2 aliphatic carbocycles. The van der Waals surface area contributed by atoms with E-state index in [1.54, 1.807) is 0 Å². The fraction of sp³-hybridized carbons (Fsp3) is 0.615. The fourth-order valence-electron chi connectivity index (χ4n) is 5.84. The number of benzene rings is 1. The van der Waals surface area contributed by atoms with E-state index >= 15 is 0 Å². The van der Waals surface area contributed by atoms with E-state index in [2.05, 4.69) is 30.7 Å². The third-order valence-electron chi connectivity index (χ3n) is 7.22. The molecular formula is C26H37N3O. The molecule has 1 aromatic carbocycles. The van der Waals surface area contributed by atoms with E-state index in [-0.39, 0.29) is 11.3 Å². The van der Waals surface area contributed by atoms with Crippen molar-refractivity contribution in [2.24, 2.45) is 17.3 Å². The zero-order valence-electron chi connectivity index (χ0n) is 18.7. The predicted octanol–water partition coefficient (Wildman–Crippen LogP) is 6.79. The molecule has 0 aliphatic heterocycles. The molecule has 162 valence electrons. The van der Waals surface area contributed by atoms with Gasteiger partial charge < -0.3 is 10.3 Å². The zero-order chi connectivity index (χ0) is 21.1.